The molecule has 0 aromatic rings. The Balaban J connectivity index is 3.41. The molecule has 0 aromatic heterocycles. The number of unbranched alkanes of at least 4 members (excludes halogenated alkanes) is 57. The number of aliphatic hydroxyl groups is 2. The van der Waals surface area contributed by atoms with E-state index in [1.54, 1.807) is 6.08 Å². The molecule has 0 fully saturated rings. The van der Waals surface area contributed by atoms with Crippen LogP contribution in [0, 0.1) is 0 Å². The Morgan fingerprint density at radius 1 is 0.322 bits per heavy atom. The van der Waals surface area contributed by atoms with Crippen LogP contribution in [0.4, 0.5) is 0 Å². The normalized spacial score (nSPS) is 12.7. The van der Waals surface area contributed by atoms with Crippen LogP contribution in [0.5, 0.6) is 0 Å². The van der Waals surface area contributed by atoms with E-state index in [1.165, 1.54) is 353 Å². The van der Waals surface area contributed by atoms with Crippen LogP contribution in [0.2, 0.25) is 0 Å². The summed E-state index contributed by atoms with van der Waals surface area (Å²) >= 11 is 0. The number of hydrogen-bond acceptors (Lipinski definition) is 5. The zero-order valence-electron chi connectivity index (χ0n) is 58.8. The van der Waals surface area contributed by atoms with Gasteiger partial charge in [0, 0.05) is 12.8 Å². The van der Waals surface area contributed by atoms with Crippen molar-refractivity contribution in [1.82, 2.24) is 5.32 Å². The van der Waals surface area contributed by atoms with Gasteiger partial charge in [0.05, 0.1) is 25.4 Å². The molecule has 512 valence electrons. The van der Waals surface area contributed by atoms with Crippen molar-refractivity contribution in [2.75, 3.05) is 13.2 Å². The molecule has 6 nitrogen and oxygen atoms in total. The van der Waals surface area contributed by atoms with E-state index in [2.05, 4.69) is 55.6 Å². The van der Waals surface area contributed by atoms with Gasteiger partial charge in [-0.05, 0) is 89.9 Å². The predicted octanol–water partition coefficient (Wildman–Crippen LogP) is 26.0. The van der Waals surface area contributed by atoms with Crippen molar-refractivity contribution in [1.29, 1.82) is 0 Å². The van der Waals surface area contributed by atoms with Gasteiger partial charge in [0.1, 0.15) is 0 Å². The lowest BCUT2D eigenvalue weighted by Gasteiger charge is -2.20. The molecule has 0 aliphatic carbocycles. The molecule has 1 amide bonds. The Morgan fingerprint density at radius 2 is 0.575 bits per heavy atom. The fourth-order valence-electron chi connectivity index (χ4n) is 12.3. The Bertz CT molecular complexity index is 1450. The molecule has 6 heteroatoms. The van der Waals surface area contributed by atoms with E-state index in [-0.39, 0.29) is 18.5 Å². The second-order valence-corrected chi connectivity index (χ2v) is 27.0. The molecule has 0 aliphatic rings. The van der Waals surface area contributed by atoms with Gasteiger partial charge in [-0.2, -0.15) is 0 Å². The lowest BCUT2D eigenvalue weighted by Crippen LogP contribution is -2.45. The first-order chi connectivity index (χ1) is 43.0. The summed E-state index contributed by atoms with van der Waals surface area (Å²) in [5.41, 5.74) is 0. The van der Waals surface area contributed by atoms with Crippen LogP contribution in [-0.2, 0) is 14.3 Å². The highest BCUT2D eigenvalue weighted by Crippen LogP contribution is 2.19. The van der Waals surface area contributed by atoms with Crippen molar-refractivity contribution in [2.24, 2.45) is 0 Å². The third kappa shape index (κ3) is 72.8. The zero-order valence-corrected chi connectivity index (χ0v) is 58.8. The van der Waals surface area contributed by atoms with Crippen LogP contribution in [-0.4, -0.2) is 47.4 Å². The van der Waals surface area contributed by atoms with E-state index < -0.39 is 12.1 Å². The van der Waals surface area contributed by atoms with Gasteiger partial charge in [-0.3, -0.25) is 9.59 Å². The van der Waals surface area contributed by atoms with Crippen molar-refractivity contribution in [2.45, 2.75) is 443 Å². The van der Waals surface area contributed by atoms with Gasteiger partial charge >= 0.3 is 5.97 Å². The molecule has 2 unspecified atom stereocenters. The molecule has 0 radical (unpaired) electrons. The molecule has 0 aliphatic heterocycles. The van der Waals surface area contributed by atoms with Gasteiger partial charge < -0.3 is 20.3 Å². The summed E-state index contributed by atoms with van der Waals surface area (Å²) in [6.45, 7) is 4.92. The smallest absolute Gasteiger partial charge is 0.305 e. The number of hydrogen-bond donors (Lipinski definition) is 3. The number of carbonyl (C=O) groups excluding carboxylic acids is 2. The molecule has 0 spiro atoms. The summed E-state index contributed by atoms with van der Waals surface area (Å²) in [5, 5.41) is 23.3. The molecule has 3 N–H and O–H groups in total. The van der Waals surface area contributed by atoms with E-state index in [0.29, 0.717) is 19.4 Å². The van der Waals surface area contributed by atoms with Gasteiger partial charge in [-0.1, -0.05) is 377 Å². The van der Waals surface area contributed by atoms with Crippen molar-refractivity contribution in [3.05, 3.63) is 48.6 Å². The topological polar surface area (TPSA) is 95.9 Å². The number of amides is 1. The molecule has 0 heterocycles. The second kappa shape index (κ2) is 76.3. The number of nitrogens with one attached hydrogen (secondary N) is 1. The average molecular weight is 1220 g/mol. The highest BCUT2D eigenvalue weighted by Gasteiger charge is 2.18. The van der Waals surface area contributed by atoms with Crippen LogP contribution in [0.1, 0.15) is 431 Å². The monoisotopic (exact) mass is 1220 g/mol. The van der Waals surface area contributed by atoms with E-state index in [9.17, 15) is 19.8 Å². The van der Waals surface area contributed by atoms with Crippen LogP contribution in [0.25, 0.3) is 0 Å². The Hall–Kier alpha value is -2.18. The van der Waals surface area contributed by atoms with Crippen LogP contribution in [0.3, 0.4) is 0 Å². The molecule has 0 saturated carbocycles. The molecule has 0 rings (SSSR count). The van der Waals surface area contributed by atoms with Crippen molar-refractivity contribution < 1.29 is 24.5 Å². The minimum atomic E-state index is -0.845. The standard InChI is InChI=1S/C81H153NO5/c1-3-5-7-9-11-13-15-17-18-19-20-21-22-34-37-40-43-46-50-53-57-61-65-69-73-79(84)78(77-83)82-80(85)74-70-66-62-58-54-51-47-44-41-38-35-32-30-28-26-24-23-25-27-29-31-33-36-39-42-45-48-52-56-60-64-68-72-76-87-81(86)75-71-67-63-59-55-49-16-14-12-10-8-6-4-2/h14,16,27,29,33,36,69,73,78-79,83-84H,3-13,15,17-26,28,30-32,34-35,37-68,70-72,74-77H2,1-2H3,(H,82,85)/b16-14-,29-27-,36-33-,73-69+. The summed E-state index contributed by atoms with van der Waals surface area (Å²) in [4.78, 5) is 24.6. The van der Waals surface area contributed by atoms with E-state index >= 15 is 0 Å². The summed E-state index contributed by atoms with van der Waals surface area (Å²) in [7, 11) is 0. The lowest BCUT2D eigenvalue weighted by molar-refractivity contribution is -0.143. The van der Waals surface area contributed by atoms with E-state index in [0.717, 1.165) is 51.4 Å². The highest BCUT2D eigenvalue weighted by atomic mass is 16.5. The summed E-state index contributed by atoms with van der Waals surface area (Å²) in [6, 6.07) is -0.629. The number of ether oxygens (including phenoxy) is 1. The molecule has 0 bridgehead atoms. The minimum absolute atomic E-state index is 0.00502. The predicted molar refractivity (Wildman–Crippen MR) is 384 cm³/mol. The highest BCUT2D eigenvalue weighted by molar-refractivity contribution is 5.76. The van der Waals surface area contributed by atoms with Crippen LogP contribution in [0.15, 0.2) is 48.6 Å². The Labute approximate surface area is 544 Å². The summed E-state index contributed by atoms with van der Waals surface area (Å²) in [6.07, 6.45) is 101. The maximum Gasteiger partial charge on any atom is 0.305 e. The molecular weight excluding hydrogens is 1070 g/mol. The SMILES string of the molecule is CCCCCC/C=C\CCCCCCCC(=O)OCCCCCCCCCCC/C=C\C/C=C\CCCCCCCCCCCCCCCCCCCC(=O)NC(CO)C(O)/C=C/CCCCCCCCCCCCCCCCCCCCCCCC. The van der Waals surface area contributed by atoms with E-state index in [1.807, 2.05) is 6.08 Å². The third-order valence-corrected chi connectivity index (χ3v) is 18.3. The summed E-state index contributed by atoms with van der Waals surface area (Å²) < 4.78 is 5.48. The fraction of sp³-hybridized carbons (Fsp3) is 0.877. The molecule has 87 heavy (non-hydrogen) atoms. The van der Waals surface area contributed by atoms with E-state index in [4.69, 9.17) is 4.74 Å². The Morgan fingerprint density at radius 3 is 0.897 bits per heavy atom. The van der Waals surface area contributed by atoms with Gasteiger partial charge in [0.2, 0.25) is 5.91 Å². The average Bonchev–Trinajstić information content (AvgIpc) is 3.54. The fourth-order valence-corrected chi connectivity index (χ4v) is 12.3. The number of rotatable bonds is 74. The lowest BCUT2D eigenvalue weighted by atomic mass is 10.0. The summed E-state index contributed by atoms with van der Waals surface area (Å²) in [5.74, 6) is -0.0566. The first kappa shape index (κ1) is 84.8. The van der Waals surface area contributed by atoms with Crippen molar-refractivity contribution in [3.8, 4) is 0 Å². The molecule has 0 aromatic carbocycles. The van der Waals surface area contributed by atoms with Gasteiger partial charge in [0.25, 0.3) is 0 Å². The number of esters is 1. The third-order valence-electron chi connectivity index (χ3n) is 18.3. The first-order valence-electron chi connectivity index (χ1n) is 39.4. The largest absolute Gasteiger partial charge is 0.466 e. The Kier molecular flexibility index (Phi) is 74.4. The zero-order chi connectivity index (χ0) is 62.8. The maximum absolute atomic E-state index is 12.6. The molecule has 0 saturated heterocycles. The van der Waals surface area contributed by atoms with Crippen LogP contribution >= 0.6 is 0 Å². The first-order valence-corrected chi connectivity index (χ1v) is 39.4. The van der Waals surface area contributed by atoms with Gasteiger partial charge in [0.15, 0.2) is 0 Å². The number of carbonyl (C=O) groups is 2. The van der Waals surface area contributed by atoms with Crippen molar-refractivity contribution in [3.63, 3.8) is 0 Å². The van der Waals surface area contributed by atoms with Crippen LogP contribution < -0.4 is 5.32 Å². The van der Waals surface area contributed by atoms with Gasteiger partial charge in [-0.15, -0.1) is 0 Å². The molecular formula is C81H153NO5. The number of aliphatic hydroxyl groups excluding tert-OH is 2. The molecule has 2 atom stereocenters. The maximum atomic E-state index is 12.6. The van der Waals surface area contributed by atoms with Crippen molar-refractivity contribution >= 4 is 11.9 Å². The second-order valence-electron chi connectivity index (χ2n) is 27.0. The number of allylic oxidation sites excluding steroid dienone is 7. The minimum Gasteiger partial charge on any atom is -0.466 e. The quantitative estimate of drug-likeness (QED) is 0.0320. The van der Waals surface area contributed by atoms with Gasteiger partial charge in [-0.25, -0.2) is 0 Å².